The number of nitrogens with one attached hydrogen (secondary N) is 1. The van der Waals surface area contributed by atoms with Crippen molar-refractivity contribution in [3.05, 3.63) is 34.3 Å². The van der Waals surface area contributed by atoms with Crippen LogP contribution in [-0.4, -0.2) is 25.3 Å². The molecule has 1 aromatic rings. The van der Waals surface area contributed by atoms with Crippen LogP contribution in [0.3, 0.4) is 0 Å². The molecule has 20 heavy (non-hydrogen) atoms. The Morgan fingerprint density at radius 3 is 3.00 bits per heavy atom. The summed E-state index contributed by atoms with van der Waals surface area (Å²) in [5, 5.41) is 3.62. The molecular formula is C17H26BrNO. The molecule has 2 nitrogen and oxygen atoms in total. The fourth-order valence-electron chi connectivity index (χ4n) is 2.94. The first-order chi connectivity index (χ1) is 9.78. The molecule has 3 heteroatoms. The van der Waals surface area contributed by atoms with Crippen molar-refractivity contribution in [2.45, 2.75) is 57.6 Å². The minimum Gasteiger partial charge on any atom is -0.378 e. The average molecular weight is 340 g/mol. The lowest BCUT2D eigenvalue weighted by Gasteiger charge is -2.25. The second-order valence-electron chi connectivity index (χ2n) is 5.65. The van der Waals surface area contributed by atoms with Gasteiger partial charge in [0.2, 0.25) is 0 Å². The van der Waals surface area contributed by atoms with Crippen LogP contribution >= 0.6 is 15.9 Å². The molecule has 1 aromatic carbocycles. The van der Waals surface area contributed by atoms with E-state index in [2.05, 4.69) is 52.4 Å². The lowest BCUT2D eigenvalue weighted by molar-refractivity contribution is 0.00860. The molecule has 0 amide bonds. The Labute approximate surface area is 131 Å². The van der Waals surface area contributed by atoms with Crippen LogP contribution in [0.15, 0.2) is 28.7 Å². The molecule has 112 valence electrons. The number of rotatable bonds is 7. The molecular weight excluding hydrogens is 314 g/mol. The van der Waals surface area contributed by atoms with Crippen molar-refractivity contribution >= 4 is 15.9 Å². The van der Waals surface area contributed by atoms with E-state index in [1.54, 1.807) is 0 Å². The minimum absolute atomic E-state index is 0.493. The zero-order chi connectivity index (χ0) is 14.2. The Bertz CT molecular complexity index is 390. The van der Waals surface area contributed by atoms with Gasteiger partial charge in [-0.2, -0.15) is 0 Å². The van der Waals surface area contributed by atoms with Crippen LogP contribution in [0.1, 0.15) is 44.6 Å². The van der Waals surface area contributed by atoms with Crippen molar-refractivity contribution in [3.63, 3.8) is 0 Å². The number of ether oxygens (including phenoxy) is 1. The van der Waals surface area contributed by atoms with Crippen LogP contribution in [0.2, 0.25) is 0 Å². The fraction of sp³-hybridized carbons (Fsp3) is 0.647. The number of halogens is 1. The summed E-state index contributed by atoms with van der Waals surface area (Å²) in [6.07, 6.45) is 7.80. The van der Waals surface area contributed by atoms with Gasteiger partial charge in [-0.15, -0.1) is 0 Å². The van der Waals surface area contributed by atoms with Gasteiger partial charge in [-0.05, 0) is 62.8 Å². The van der Waals surface area contributed by atoms with Crippen LogP contribution in [0.5, 0.6) is 0 Å². The summed E-state index contributed by atoms with van der Waals surface area (Å²) in [5.41, 5.74) is 1.40. The van der Waals surface area contributed by atoms with Gasteiger partial charge < -0.3 is 10.1 Å². The standard InChI is InChI=1S/C17H26BrNO/c1-2-19-16(9-10-17-8-3-4-11-20-17)13-14-6-5-7-15(18)12-14/h5-7,12,16-17,19H,2-4,8-11,13H2,1H3. The molecule has 1 aliphatic rings. The monoisotopic (exact) mass is 339 g/mol. The highest BCUT2D eigenvalue weighted by Crippen LogP contribution is 2.20. The molecule has 0 aromatic heterocycles. The van der Waals surface area contributed by atoms with Gasteiger partial charge >= 0.3 is 0 Å². The smallest absolute Gasteiger partial charge is 0.0575 e. The van der Waals surface area contributed by atoms with Gasteiger partial charge in [0, 0.05) is 17.1 Å². The van der Waals surface area contributed by atoms with Gasteiger partial charge in [-0.1, -0.05) is 35.0 Å². The maximum atomic E-state index is 5.84. The summed E-state index contributed by atoms with van der Waals surface area (Å²) in [7, 11) is 0. The molecule has 2 unspecified atom stereocenters. The molecule has 1 heterocycles. The zero-order valence-electron chi connectivity index (χ0n) is 12.4. The van der Waals surface area contributed by atoms with Gasteiger partial charge in [0.15, 0.2) is 0 Å². The van der Waals surface area contributed by atoms with Crippen molar-refractivity contribution < 1.29 is 4.74 Å². The summed E-state index contributed by atoms with van der Waals surface area (Å²) < 4.78 is 7.01. The second kappa shape index (κ2) is 8.81. The van der Waals surface area contributed by atoms with E-state index in [0.29, 0.717) is 12.1 Å². The highest BCUT2D eigenvalue weighted by Gasteiger charge is 2.16. The van der Waals surface area contributed by atoms with E-state index in [1.165, 1.54) is 42.1 Å². The van der Waals surface area contributed by atoms with E-state index >= 15 is 0 Å². The molecule has 2 rings (SSSR count). The van der Waals surface area contributed by atoms with Crippen LogP contribution < -0.4 is 5.32 Å². The van der Waals surface area contributed by atoms with E-state index in [-0.39, 0.29) is 0 Å². The van der Waals surface area contributed by atoms with Crippen LogP contribution in [0.4, 0.5) is 0 Å². The predicted molar refractivity (Wildman–Crippen MR) is 88.1 cm³/mol. The van der Waals surface area contributed by atoms with Gasteiger partial charge in [0.25, 0.3) is 0 Å². The largest absolute Gasteiger partial charge is 0.378 e. The van der Waals surface area contributed by atoms with Gasteiger partial charge in [-0.25, -0.2) is 0 Å². The number of hydrogen-bond acceptors (Lipinski definition) is 2. The maximum Gasteiger partial charge on any atom is 0.0575 e. The fourth-order valence-corrected chi connectivity index (χ4v) is 3.38. The van der Waals surface area contributed by atoms with Crippen LogP contribution in [0.25, 0.3) is 0 Å². The molecule has 1 aliphatic heterocycles. The Hall–Kier alpha value is -0.380. The van der Waals surface area contributed by atoms with Gasteiger partial charge in [0.05, 0.1) is 6.10 Å². The van der Waals surface area contributed by atoms with Crippen molar-refractivity contribution in [3.8, 4) is 0 Å². The van der Waals surface area contributed by atoms with Crippen molar-refractivity contribution in [1.82, 2.24) is 5.32 Å². The Balaban J connectivity index is 1.82. The first-order valence-corrected chi connectivity index (χ1v) is 8.66. The molecule has 1 fully saturated rings. The highest BCUT2D eigenvalue weighted by atomic mass is 79.9. The van der Waals surface area contributed by atoms with Crippen LogP contribution in [0, 0.1) is 0 Å². The quantitative estimate of drug-likeness (QED) is 0.798. The number of benzene rings is 1. The molecule has 1 N–H and O–H groups in total. The third-order valence-corrected chi connectivity index (χ3v) is 4.47. The first kappa shape index (κ1) is 16.0. The summed E-state index contributed by atoms with van der Waals surface area (Å²) in [6.45, 7) is 4.18. The van der Waals surface area contributed by atoms with Gasteiger partial charge in [0.1, 0.15) is 0 Å². The van der Waals surface area contributed by atoms with E-state index < -0.39 is 0 Å². The number of hydrogen-bond donors (Lipinski definition) is 1. The second-order valence-corrected chi connectivity index (χ2v) is 6.57. The van der Waals surface area contributed by atoms with Crippen molar-refractivity contribution in [2.24, 2.45) is 0 Å². The molecule has 0 aliphatic carbocycles. The Morgan fingerprint density at radius 2 is 2.30 bits per heavy atom. The average Bonchev–Trinajstić information content (AvgIpc) is 2.46. The number of likely N-dealkylation sites (N-methyl/N-ethyl adjacent to an activating group) is 1. The molecule has 2 atom stereocenters. The van der Waals surface area contributed by atoms with Gasteiger partial charge in [-0.3, -0.25) is 0 Å². The summed E-state index contributed by atoms with van der Waals surface area (Å²) >= 11 is 3.55. The first-order valence-electron chi connectivity index (χ1n) is 7.87. The van der Waals surface area contributed by atoms with Crippen molar-refractivity contribution in [1.29, 1.82) is 0 Å². The topological polar surface area (TPSA) is 21.3 Å². The predicted octanol–water partition coefficient (Wildman–Crippen LogP) is 4.32. The summed E-state index contributed by atoms with van der Waals surface area (Å²) in [6, 6.07) is 9.20. The maximum absolute atomic E-state index is 5.84. The molecule has 0 radical (unpaired) electrons. The van der Waals surface area contributed by atoms with E-state index in [0.717, 1.165) is 19.6 Å². The van der Waals surface area contributed by atoms with E-state index in [9.17, 15) is 0 Å². The summed E-state index contributed by atoms with van der Waals surface area (Å²) in [4.78, 5) is 0. The molecule has 0 saturated carbocycles. The van der Waals surface area contributed by atoms with E-state index in [1.807, 2.05) is 0 Å². The minimum atomic E-state index is 0.493. The Morgan fingerprint density at radius 1 is 1.40 bits per heavy atom. The lowest BCUT2D eigenvalue weighted by atomic mass is 9.97. The third kappa shape index (κ3) is 5.55. The molecule has 0 bridgehead atoms. The molecule has 0 spiro atoms. The SMILES string of the molecule is CCNC(CCC1CCCCO1)Cc1cccc(Br)c1. The van der Waals surface area contributed by atoms with Crippen LogP contribution in [-0.2, 0) is 11.2 Å². The van der Waals surface area contributed by atoms with E-state index in [4.69, 9.17) is 4.74 Å². The normalized spacial score (nSPS) is 20.8. The molecule has 1 saturated heterocycles. The summed E-state index contributed by atoms with van der Waals surface area (Å²) in [5.74, 6) is 0. The lowest BCUT2D eigenvalue weighted by Crippen LogP contribution is -2.32. The Kier molecular flexibility index (Phi) is 7.05. The highest BCUT2D eigenvalue weighted by molar-refractivity contribution is 9.10. The third-order valence-electron chi connectivity index (χ3n) is 3.98. The van der Waals surface area contributed by atoms with Crippen molar-refractivity contribution in [2.75, 3.05) is 13.2 Å². The zero-order valence-corrected chi connectivity index (χ0v) is 14.0.